The lowest BCUT2D eigenvalue weighted by Crippen LogP contribution is -2.39. The van der Waals surface area contributed by atoms with Gasteiger partial charge in [0, 0.05) is 30.1 Å². The Kier molecular flexibility index (Phi) is 5.96. The van der Waals surface area contributed by atoms with Gasteiger partial charge in [-0.2, -0.15) is 4.98 Å². The van der Waals surface area contributed by atoms with Gasteiger partial charge in [0.25, 0.3) is 0 Å². The first kappa shape index (κ1) is 17.7. The van der Waals surface area contributed by atoms with E-state index >= 15 is 0 Å². The molecule has 0 radical (unpaired) electrons. The summed E-state index contributed by atoms with van der Waals surface area (Å²) in [7, 11) is 0. The highest BCUT2D eigenvalue weighted by molar-refractivity contribution is 5.34. The smallest absolute Gasteiger partial charge is 0.218 e. The Balaban J connectivity index is 2.70. The number of rotatable bonds is 6. The first-order valence-electron chi connectivity index (χ1n) is 7.65. The molecule has 1 aromatic heterocycles. The van der Waals surface area contributed by atoms with Crippen molar-refractivity contribution in [1.82, 2.24) is 14.9 Å². The zero-order valence-corrected chi connectivity index (χ0v) is 14.5. The van der Waals surface area contributed by atoms with Gasteiger partial charge in [-0.15, -0.1) is 0 Å². The first-order chi connectivity index (χ1) is 9.61. The number of hydrogen-bond donors (Lipinski definition) is 1. The van der Waals surface area contributed by atoms with Crippen LogP contribution in [-0.2, 0) is 5.41 Å². The summed E-state index contributed by atoms with van der Waals surface area (Å²) in [5.74, 6) is 1.72. The molecule has 0 fully saturated rings. The maximum atomic E-state index is 5.84. The second-order valence-electron chi connectivity index (χ2n) is 6.98. The zero-order valence-electron chi connectivity index (χ0n) is 14.5. The molecule has 2 N–H and O–H groups in total. The molecule has 0 spiro atoms. The molecule has 0 atom stereocenters. The van der Waals surface area contributed by atoms with E-state index in [1.54, 1.807) is 6.07 Å². The van der Waals surface area contributed by atoms with Gasteiger partial charge in [0.05, 0.1) is 0 Å². The molecule has 21 heavy (non-hydrogen) atoms. The molecule has 0 amide bonds. The highest BCUT2D eigenvalue weighted by Crippen LogP contribution is 2.22. The fourth-order valence-electron chi connectivity index (χ4n) is 2.22. The van der Waals surface area contributed by atoms with Crippen molar-refractivity contribution in [2.45, 2.75) is 66.0 Å². The van der Waals surface area contributed by atoms with Crippen LogP contribution >= 0.6 is 0 Å². The minimum absolute atomic E-state index is 0.143. The van der Waals surface area contributed by atoms with E-state index in [1.165, 1.54) is 0 Å². The molecular formula is C16H30N4O. The Morgan fingerprint density at radius 3 is 2.19 bits per heavy atom. The summed E-state index contributed by atoms with van der Waals surface area (Å²) < 4.78 is 5.78. The Bertz CT molecular complexity index is 444. The van der Waals surface area contributed by atoms with Crippen LogP contribution in [0, 0.1) is 0 Å². The molecule has 0 saturated heterocycles. The summed E-state index contributed by atoms with van der Waals surface area (Å²) >= 11 is 0. The van der Waals surface area contributed by atoms with Crippen LogP contribution in [0.1, 0.15) is 54.3 Å². The number of nitrogens with two attached hydrogens (primary N) is 1. The van der Waals surface area contributed by atoms with Crippen LogP contribution in [0.4, 0.5) is 5.82 Å². The number of aromatic nitrogens is 2. The molecule has 1 aromatic rings. The Labute approximate surface area is 128 Å². The summed E-state index contributed by atoms with van der Waals surface area (Å²) in [6, 6.07) is 2.67. The predicted octanol–water partition coefficient (Wildman–Crippen LogP) is 2.85. The number of ether oxygens (including phenoxy) is 1. The van der Waals surface area contributed by atoms with Crippen LogP contribution in [0.25, 0.3) is 0 Å². The molecule has 0 aromatic carbocycles. The third-order valence-electron chi connectivity index (χ3n) is 3.32. The van der Waals surface area contributed by atoms with Crippen LogP contribution in [0.5, 0.6) is 5.88 Å². The first-order valence-corrected chi connectivity index (χ1v) is 7.65. The van der Waals surface area contributed by atoms with Gasteiger partial charge in [-0.25, -0.2) is 4.98 Å². The van der Waals surface area contributed by atoms with Gasteiger partial charge >= 0.3 is 0 Å². The van der Waals surface area contributed by atoms with E-state index in [1.807, 2.05) is 0 Å². The molecular weight excluding hydrogens is 264 g/mol. The molecule has 0 aliphatic heterocycles. The lowest BCUT2D eigenvalue weighted by molar-refractivity contribution is 0.140. The average Bonchev–Trinajstić information content (AvgIpc) is 2.31. The molecule has 0 saturated carbocycles. The van der Waals surface area contributed by atoms with Crippen molar-refractivity contribution in [2.75, 3.05) is 18.9 Å². The van der Waals surface area contributed by atoms with Crippen LogP contribution in [-0.4, -0.2) is 40.1 Å². The highest BCUT2D eigenvalue weighted by atomic mass is 16.5. The van der Waals surface area contributed by atoms with Gasteiger partial charge in [0.2, 0.25) is 5.88 Å². The van der Waals surface area contributed by atoms with Gasteiger partial charge in [-0.3, -0.25) is 4.90 Å². The quantitative estimate of drug-likeness (QED) is 0.874. The Morgan fingerprint density at radius 1 is 1.14 bits per heavy atom. The number of anilines is 1. The van der Waals surface area contributed by atoms with Crippen molar-refractivity contribution in [3.8, 4) is 5.88 Å². The predicted molar refractivity (Wildman–Crippen MR) is 87.6 cm³/mol. The van der Waals surface area contributed by atoms with Gasteiger partial charge in [0.15, 0.2) is 0 Å². The van der Waals surface area contributed by atoms with Crippen LogP contribution in [0.15, 0.2) is 6.07 Å². The molecule has 5 heteroatoms. The SMILES string of the molecule is CC(C)N(CCOc1cc(N)nc(C(C)(C)C)n1)C(C)C. The monoisotopic (exact) mass is 294 g/mol. The number of hydrogen-bond acceptors (Lipinski definition) is 5. The maximum absolute atomic E-state index is 5.84. The molecule has 5 nitrogen and oxygen atoms in total. The second-order valence-corrected chi connectivity index (χ2v) is 6.98. The van der Waals surface area contributed by atoms with E-state index in [9.17, 15) is 0 Å². The summed E-state index contributed by atoms with van der Waals surface area (Å²) in [5.41, 5.74) is 5.70. The van der Waals surface area contributed by atoms with Crippen molar-refractivity contribution in [3.63, 3.8) is 0 Å². The fraction of sp³-hybridized carbons (Fsp3) is 0.750. The van der Waals surface area contributed by atoms with Gasteiger partial charge in [0.1, 0.15) is 18.2 Å². The van der Waals surface area contributed by atoms with Crippen LogP contribution < -0.4 is 10.5 Å². The summed E-state index contributed by atoms with van der Waals surface area (Å²) in [6.07, 6.45) is 0. The third kappa shape index (κ3) is 5.50. The second kappa shape index (κ2) is 7.07. The normalized spacial score (nSPS) is 12.5. The minimum atomic E-state index is -0.143. The van der Waals surface area contributed by atoms with E-state index in [-0.39, 0.29) is 5.41 Å². The molecule has 1 heterocycles. The third-order valence-corrected chi connectivity index (χ3v) is 3.32. The highest BCUT2D eigenvalue weighted by Gasteiger charge is 2.19. The van der Waals surface area contributed by atoms with Crippen molar-refractivity contribution < 1.29 is 4.74 Å². The van der Waals surface area contributed by atoms with Gasteiger partial charge in [-0.05, 0) is 27.7 Å². The molecule has 1 rings (SSSR count). The lowest BCUT2D eigenvalue weighted by atomic mass is 9.96. The standard InChI is InChI=1S/C16H30N4O/c1-11(2)20(12(3)4)8-9-21-14-10-13(17)18-15(19-14)16(5,6)7/h10-12H,8-9H2,1-7H3,(H2,17,18,19). The zero-order chi connectivity index (χ0) is 16.2. The maximum Gasteiger partial charge on any atom is 0.218 e. The molecule has 0 aliphatic carbocycles. The van der Waals surface area contributed by atoms with E-state index in [2.05, 4.69) is 63.3 Å². The lowest BCUT2D eigenvalue weighted by Gasteiger charge is -2.30. The number of nitrogens with zero attached hydrogens (tertiary/aromatic N) is 3. The van der Waals surface area contributed by atoms with E-state index in [0.717, 1.165) is 6.54 Å². The topological polar surface area (TPSA) is 64.3 Å². The number of nitrogen functional groups attached to an aromatic ring is 1. The molecule has 0 aliphatic rings. The summed E-state index contributed by atoms with van der Waals surface area (Å²) in [6.45, 7) is 16.4. The van der Waals surface area contributed by atoms with Crippen molar-refractivity contribution >= 4 is 5.82 Å². The molecule has 0 bridgehead atoms. The summed E-state index contributed by atoms with van der Waals surface area (Å²) in [5, 5.41) is 0. The van der Waals surface area contributed by atoms with E-state index in [0.29, 0.717) is 36.2 Å². The van der Waals surface area contributed by atoms with Crippen molar-refractivity contribution in [1.29, 1.82) is 0 Å². The Hall–Kier alpha value is -1.36. The van der Waals surface area contributed by atoms with Crippen molar-refractivity contribution in [3.05, 3.63) is 11.9 Å². The van der Waals surface area contributed by atoms with Gasteiger partial charge < -0.3 is 10.5 Å². The van der Waals surface area contributed by atoms with Crippen LogP contribution in [0.2, 0.25) is 0 Å². The summed E-state index contributed by atoms with van der Waals surface area (Å²) in [4.78, 5) is 11.1. The van der Waals surface area contributed by atoms with Gasteiger partial charge in [-0.1, -0.05) is 20.8 Å². The fourth-order valence-corrected chi connectivity index (χ4v) is 2.22. The van der Waals surface area contributed by atoms with E-state index in [4.69, 9.17) is 10.5 Å². The largest absolute Gasteiger partial charge is 0.476 e. The molecule has 0 unspecified atom stereocenters. The average molecular weight is 294 g/mol. The molecule has 120 valence electrons. The minimum Gasteiger partial charge on any atom is -0.476 e. The van der Waals surface area contributed by atoms with Crippen LogP contribution in [0.3, 0.4) is 0 Å². The Morgan fingerprint density at radius 2 is 1.71 bits per heavy atom. The van der Waals surface area contributed by atoms with E-state index < -0.39 is 0 Å². The van der Waals surface area contributed by atoms with Crippen molar-refractivity contribution in [2.24, 2.45) is 0 Å².